The minimum absolute atomic E-state index is 0.270. The van der Waals surface area contributed by atoms with Crippen molar-refractivity contribution >= 4 is 39.5 Å². The number of urea groups is 1. The summed E-state index contributed by atoms with van der Waals surface area (Å²) in [6.45, 7) is -0.270. The van der Waals surface area contributed by atoms with Gasteiger partial charge in [-0.05, 0) is 47.3 Å². The van der Waals surface area contributed by atoms with E-state index < -0.39 is 17.5 Å². The third-order valence-electron chi connectivity index (χ3n) is 3.90. The van der Waals surface area contributed by atoms with Crippen molar-refractivity contribution in [2.45, 2.75) is 24.8 Å². The second-order valence-corrected chi connectivity index (χ2v) is 6.14. The molecular weight excluding hydrogens is 338 g/mol. The molecule has 0 atom stereocenters. The predicted octanol–water partition coefficient (Wildman–Crippen LogP) is 1.86. The van der Waals surface area contributed by atoms with E-state index in [0.717, 1.165) is 15.8 Å². The van der Waals surface area contributed by atoms with Gasteiger partial charge in [0.2, 0.25) is 5.91 Å². The Balaban J connectivity index is 1.67. The highest BCUT2D eigenvalue weighted by atomic mass is 79.9. The topological polar surface area (TPSA) is 78.5 Å². The van der Waals surface area contributed by atoms with E-state index in [-0.39, 0.29) is 12.5 Å². The number of nitrogens with zero attached hydrogens (tertiary/aromatic N) is 1. The van der Waals surface area contributed by atoms with E-state index in [4.69, 9.17) is 0 Å². The molecule has 110 valence electrons. The van der Waals surface area contributed by atoms with Gasteiger partial charge in [0.25, 0.3) is 5.91 Å². The Morgan fingerprint density at radius 1 is 1.33 bits per heavy atom. The number of carbonyl (C=O) groups is 3. The fourth-order valence-electron chi connectivity index (χ4n) is 2.58. The van der Waals surface area contributed by atoms with E-state index in [2.05, 4.69) is 26.6 Å². The third kappa shape index (κ3) is 2.42. The molecule has 1 saturated carbocycles. The maximum Gasteiger partial charge on any atom is 0.325 e. The van der Waals surface area contributed by atoms with E-state index >= 15 is 0 Å². The highest BCUT2D eigenvalue weighted by Gasteiger charge is 2.54. The molecule has 7 heteroatoms. The number of rotatable bonds is 3. The molecule has 1 heterocycles. The number of hydrogen-bond donors (Lipinski definition) is 2. The van der Waals surface area contributed by atoms with Crippen molar-refractivity contribution in [3.63, 3.8) is 0 Å². The summed E-state index contributed by atoms with van der Waals surface area (Å²) in [6, 6.07) is 6.67. The van der Waals surface area contributed by atoms with Crippen molar-refractivity contribution in [1.82, 2.24) is 10.2 Å². The van der Waals surface area contributed by atoms with Crippen LogP contribution in [-0.4, -0.2) is 34.8 Å². The van der Waals surface area contributed by atoms with Crippen molar-refractivity contribution in [1.29, 1.82) is 0 Å². The minimum atomic E-state index is -0.745. The van der Waals surface area contributed by atoms with Gasteiger partial charge in [-0.3, -0.25) is 14.5 Å². The summed E-state index contributed by atoms with van der Waals surface area (Å²) in [5, 5.41) is 5.38. The number of benzene rings is 1. The van der Waals surface area contributed by atoms with Gasteiger partial charge in [0, 0.05) is 4.47 Å². The van der Waals surface area contributed by atoms with Gasteiger partial charge in [0.15, 0.2) is 0 Å². The van der Waals surface area contributed by atoms with Gasteiger partial charge in [-0.25, -0.2) is 4.79 Å². The average molecular weight is 352 g/mol. The number of para-hydroxylation sites is 1. The van der Waals surface area contributed by atoms with E-state index in [1.807, 2.05) is 6.07 Å². The molecule has 0 unspecified atom stereocenters. The number of nitrogens with one attached hydrogen (secondary N) is 2. The molecule has 21 heavy (non-hydrogen) atoms. The molecule has 2 fully saturated rings. The average Bonchev–Trinajstić information content (AvgIpc) is 2.66. The first-order chi connectivity index (χ1) is 10.0. The number of halogens is 1. The van der Waals surface area contributed by atoms with Crippen LogP contribution in [0.3, 0.4) is 0 Å². The van der Waals surface area contributed by atoms with E-state index in [1.54, 1.807) is 18.2 Å². The number of carbonyl (C=O) groups excluding carboxylic acids is 3. The molecular formula is C14H14BrN3O3. The summed E-state index contributed by atoms with van der Waals surface area (Å²) in [6.07, 6.45) is 2.23. The lowest BCUT2D eigenvalue weighted by molar-refractivity contribution is -0.136. The normalized spacial score (nSPS) is 19.4. The summed E-state index contributed by atoms with van der Waals surface area (Å²) in [5.41, 5.74) is -0.141. The smallest absolute Gasteiger partial charge is 0.324 e. The lowest BCUT2D eigenvalue weighted by Crippen LogP contribution is -2.52. The van der Waals surface area contributed by atoms with Gasteiger partial charge in [-0.2, -0.15) is 0 Å². The second kappa shape index (κ2) is 5.14. The van der Waals surface area contributed by atoms with Crippen LogP contribution < -0.4 is 10.6 Å². The SMILES string of the molecule is O=C(CN1C(=O)NC2(CCC2)C1=O)Nc1ccccc1Br. The molecule has 0 aromatic heterocycles. The molecule has 2 aliphatic rings. The molecule has 2 N–H and O–H groups in total. The van der Waals surface area contributed by atoms with E-state index in [0.29, 0.717) is 18.5 Å². The summed E-state index contributed by atoms with van der Waals surface area (Å²) in [5.74, 6) is -0.692. The summed E-state index contributed by atoms with van der Waals surface area (Å²) >= 11 is 3.33. The molecule has 0 bridgehead atoms. The number of hydrogen-bond acceptors (Lipinski definition) is 3. The molecule has 0 radical (unpaired) electrons. The lowest BCUT2D eigenvalue weighted by atomic mass is 9.77. The standard InChI is InChI=1S/C14H14BrN3O3/c15-9-4-1-2-5-10(9)16-11(19)8-18-12(20)14(6-3-7-14)17-13(18)21/h1-2,4-5H,3,6-8H2,(H,16,19)(H,17,21). The maximum atomic E-state index is 12.2. The first-order valence-corrected chi connectivity index (χ1v) is 7.50. The van der Waals surface area contributed by atoms with Crippen LogP contribution in [0, 0.1) is 0 Å². The van der Waals surface area contributed by atoms with Crippen molar-refractivity contribution in [2.75, 3.05) is 11.9 Å². The zero-order chi connectivity index (χ0) is 15.0. The largest absolute Gasteiger partial charge is 0.325 e. The fourth-order valence-corrected chi connectivity index (χ4v) is 2.97. The van der Waals surface area contributed by atoms with Gasteiger partial charge in [-0.15, -0.1) is 0 Å². The van der Waals surface area contributed by atoms with Crippen LogP contribution >= 0.6 is 15.9 Å². The second-order valence-electron chi connectivity index (χ2n) is 5.29. The van der Waals surface area contributed by atoms with Gasteiger partial charge >= 0.3 is 6.03 Å². The van der Waals surface area contributed by atoms with Crippen LogP contribution in [0.25, 0.3) is 0 Å². The molecule has 1 saturated heterocycles. The molecule has 3 rings (SSSR count). The Morgan fingerprint density at radius 3 is 2.62 bits per heavy atom. The summed E-state index contributed by atoms with van der Waals surface area (Å²) in [7, 11) is 0. The van der Waals surface area contributed by atoms with Crippen molar-refractivity contribution in [3.05, 3.63) is 28.7 Å². The molecule has 6 nitrogen and oxygen atoms in total. The monoisotopic (exact) mass is 351 g/mol. The Hall–Kier alpha value is -1.89. The molecule has 1 aromatic carbocycles. The van der Waals surface area contributed by atoms with E-state index in [1.165, 1.54) is 0 Å². The van der Waals surface area contributed by atoms with Gasteiger partial charge < -0.3 is 10.6 Å². The summed E-state index contributed by atoms with van der Waals surface area (Å²) < 4.78 is 0.742. The predicted molar refractivity (Wildman–Crippen MR) is 79.6 cm³/mol. The maximum absolute atomic E-state index is 12.2. The summed E-state index contributed by atoms with van der Waals surface area (Å²) in [4.78, 5) is 37.1. The highest BCUT2D eigenvalue weighted by Crippen LogP contribution is 2.37. The first kappa shape index (κ1) is 14.1. The van der Waals surface area contributed by atoms with Crippen LogP contribution in [0.1, 0.15) is 19.3 Å². The first-order valence-electron chi connectivity index (χ1n) is 6.70. The fraction of sp³-hybridized carbons (Fsp3) is 0.357. The van der Waals surface area contributed by atoms with E-state index in [9.17, 15) is 14.4 Å². The Bertz CT molecular complexity index is 628. The van der Waals surface area contributed by atoms with Crippen molar-refractivity contribution in [3.8, 4) is 0 Å². The lowest BCUT2D eigenvalue weighted by Gasteiger charge is -2.34. The Morgan fingerprint density at radius 2 is 2.05 bits per heavy atom. The zero-order valence-electron chi connectivity index (χ0n) is 11.2. The van der Waals surface area contributed by atoms with Gasteiger partial charge in [-0.1, -0.05) is 12.1 Å². The van der Waals surface area contributed by atoms with Crippen LogP contribution in [-0.2, 0) is 9.59 Å². The molecule has 1 spiro atoms. The van der Waals surface area contributed by atoms with Gasteiger partial charge in [0.1, 0.15) is 12.1 Å². The van der Waals surface area contributed by atoms with Crippen molar-refractivity contribution < 1.29 is 14.4 Å². The number of anilines is 1. The number of amides is 4. The van der Waals surface area contributed by atoms with Crippen LogP contribution in [0.2, 0.25) is 0 Å². The van der Waals surface area contributed by atoms with Gasteiger partial charge in [0.05, 0.1) is 5.69 Å². The molecule has 1 aliphatic heterocycles. The molecule has 1 aromatic rings. The highest BCUT2D eigenvalue weighted by molar-refractivity contribution is 9.10. The zero-order valence-corrected chi connectivity index (χ0v) is 12.8. The molecule has 4 amide bonds. The van der Waals surface area contributed by atoms with Crippen LogP contribution in [0.5, 0.6) is 0 Å². The third-order valence-corrected chi connectivity index (χ3v) is 4.59. The van der Waals surface area contributed by atoms with Crippen molar-refractivity contribution in [2.24, 2.45) is 0 Å². The van der Waals surface area contributed by atoms with Crippen LogP contribution in [0.4, 0.5) is 10.5 Å². The molecule has 1 aliphatic carbocycles. The minimum Gasteiger partial charge on any atom is -0.324 e. The van der Waals surface area contributed by atoms with Crippen LogP contribution in [0.15, 0.2) is 28.7 Å². The Kier molecular flexibility index (Phi) is 3.44. The Labute approximate surface area is 130 Å². The quantitative estimate of drug-likeness (QED) is 0.815. The number of imide groups is 1.